The first-order chi connectivity index (χ1) is 10.3. The Hall–Kier alpha value is -0.820. The Balaban J connectivity index is 1.86. The van der Waals surface area contributed by atoms with Crippen LogP contribution in [-0.4, -0.2) is 5.54 Å². The summed E-state index contributed by atoms with van der Waals surface area (Å²) < 4.78 is 0. The number of nitrogens with two attached hydrogens (primary N) is 1. The van der Waals surface area contributed by atoms with E-state index >= 15 is 0 Å². The zero-order valence-corrected chi connectivity index (χ0v) is 14.7. The molecule has 0 heterocycles. The van der Waals surface area contributed by atoms with Crippen LogP contribution in [0, 0.1) is 23.7 Å². The highest BCUT2D eigenvalue weighted by molar-refractivity contribution is 5.44. The van der Waals surface area contributed by atoms with Gasteiger partial charge in [-0.3, -0.25) is 0 Å². The molecule has 0 radical (unpaired) electrons. The van der Waals surface area contributed by atoms with Crippen LogP contribution in [0.2, 0.25) is 0 Å². The van der Waals surface area contributed by atoms with Gasteiger partial charge < -0.3 is 5.73 Å². The molecule has 0 aliphatic heterocycles. The van der Waals surface area contributed by atoms with Crippen LogP contribution in [0.5, 0.6) is 0 Å². The molecule has 0 aromatic heterocycles. The lowest BCUT2D eigenvalue weighted by Gasteiger charge is -2.63. The normalized spacial score (nSPS) is 46.8. The molecule has 1 aromatic rings. The van der Waals surface area contributed by atoms with Crippen LogP contribution >= 0.6 is 0 Å². The van der Waals surface area contributed by atoms with Crippen molar-refractivity contribution in [2.24, 2.45) is 22.5 Å². The first kappa shape index (κ1) is 14.8. The predicted octanol–water partition coefficient (Wildman–Crippen LogP) is 4.96. The Kier molecular flexibility index (Phi) is 2.94. The summed E-state index contributed by atoms with van der Waals surface area (Å²) in [7, 11) is 0. The number of hydrogen-bond acceptors (Lipinski definition) is 1. The number of rotatable bonds is 0. The van der Waals surface area contributed by atoms with Gasteiger partial charge in [0.1, 0.15) is 0 Å². The average molecular weight is 297 g/mol. The highest BCUT2D eigenvalue weighted by Gasteiger charge is 2.66. The average Bonchev–Trinajstić information content (AvgIpc) is 2.73. The molecular formula is C21H31N. The fourth-order valence-corrected chi connectivity index (χ4v) is 6.63. The molecular weight excluding hydrogens is 266 g/mol. The van der Waals surface area contributed by atoms with Crippen LogP contribution in [0.1, 0.15) is 75.5 Å². The second kappa shape index (κ2) is 4.38. The van der Waals surface area contributed by atoms with Gasteiger partial charge >= 0.3 is 0 Å². The minimum absolute atomic E-state index is 0.00838. The lowest BCUT2D eigenvalue weighted by molar-refractivity contribution is -0.0697. The fourth-order valence-electron chi connectivity index (χ4n) is 6.63. The van der Waals surface area contributed by atoms with Gasteiger partial charge in [0, 0.05) is 11.5 Å². The molecule has 22 heavy (non-hydrogen) atoms. The van der Waals surface area contributed by atoms with E-state index < -0.39 is 0 Å². The molecule has 2 N–H and O–H groups in total. The summed E-state index contributed by atoms with van der Waals surface area (Å²) in [6.45, 7) is 9.81. The van der Waals surface area contributed by atoms with E-state index in [1.54, 1.807) is 11.1 Å². The summed E-state index contributed by atoms with van der Waals surface area (Å²) in [6.07, 6.45) is 7.66. The van der Waals surface area contributed by atoms with E-state index in [9.17, 15) is 0 Å². The molecule has 0 bridgehead atoms. The van der Waals surface area contributed by atoms with Crippen molar-refractivity contribution in [2.75, 3.05) is 0 Å². The Morgan fingerprint density at radius 1 is 1.09 bits per heavy atom. The fraction of sp³-hybridized carbons (Fsp3) is 0.714. The zero-order valence-electron chi connectivity index (χ0n) is 14.7. The van der Waals surface area contributed by atoms with Gasteiger partial charge in [-0.2, -0.15) is 0 Å². The lowest BCUT2D eigenvalue weighted by Crippen LogP contribution is -2.66. The van der Waals surface area contributed by atoms with Crippen molar-refractivity contribution in [1.82, 2.24) is 0 Å². The van der Waals surface area contributed by atoms with Crippen LogP contribution < -0.4 is 5.73 Å². The second-order valence-electron chi connectivity index (χ2n) is 8.96. The van der Waals surface area contributed by atoms with E-state index in [1.807, 2.05) is 0 Å². The van der Waals surface area contributed by atoms with Gasteiger partial charge in [0.05, 0.1) is 0 Å². The maximum atomic E-state index is 7.30. The summed E-state index contributed by atoms with van der Waals surface area (Å²) in [4.78, 5) is 0. The molecule has 2 saturated carbocycles. The van der Waals surface area contributed by atoms with E-state index in [0.717, 1.165) is 5.92 Å². The smallest absolute Gasteiger partial charge is 0.0286 e. The standard InChI is InChI=1S/C21H31N/c1-14-6-5-7-17-16(14)9-13-21(22)18(17)10-11-19(3)15(2)8-12-20(19,21)4/h5-7,15,18H,8-13,22H2,1-4H3/t15?,18-,19?,20-,21?/m1/s1. The van der Waals surface area contributed by atoms with Crippen molar-refractivity contribution < 1.29 is 0 Å². The molecule has 1 nitrogen and oxygen atoms in total. The molecule has 3 aliphatic carbocycles. The van der Waals surface area contributed by atoms with Gasteiger partial charge in [-0.05, 0) is 78.9 Å². The lowest BCUT2D eigenvalue weighted by atomic mass is 9.43. The minimum atomic E-state index is -0.00838. The molecule has 1 heteroatoms. The third kappa shape index (κ3) is 1.49. The topological polar surface area (TPSA) is 26.0 Å². The van der Waals surface area contributed by atoms with Crippen molar-refractivity contribution in [2.45, 2.75) is 77.7 Å². The van der Waals surface area contributed by atoms with Gasteiger partial charge in [0.2, 0.25) is 0 Å². The van der Waals surface area contributed by atoms with Crippen molar-refractivity contribution in [3.8, 4) is 0 Å². The molecule has 3 unspecified atom stereocenters. The number of benzene rings is 1. The van der Waals surface area contributed by atoms with Crippen LogP contribution in [0.4, 0.5) is 0 Å². The van der Waals surface area contributed by atoms with Gasteiger partial charge in [-0.15, -0.1) is 0 Å². The minimum Gasteiger partial charge on any atom is -0.324 e. The summed E-state index contributed by atoms with van der Waals surface area (Å²) >= 11 is 0. The molecule has 5 atom stereocenters. The van der Waals surface area contributed by atoms with Crippen LogP contribution in [0.25, 0.3) is 0 Å². The first-order valence-electron chi connectivity index (χ1n) is 9.21. The Morgan fingerprint density at radius 3 is 2.64 bits per heavy atom. The summed E-state index contributed by atoms with van der Waals surface area (Å²) in [5.41, 5.74) is 12.7. The summed E-state index contributed by atoms with van der Waals surface area (Å²) in [6, 6.07) is 6.89. The number of hydrogen-bond donors (Lipinski definition) is 1. The van der Waals surface area contributed by atoms with Gasteiger partial charge in [0.15, 0.2) is 0 Å². The number of aryl methyl sites for hydroxylation is 1. The Bertz CT molecular complexity index is 620. The van der Waals surface area contributed by atoms with E-state index in [4.69, 9.17) is 5.73 Å². The van der Waals surface area contributed by atoms with Crippen LogP contribution in [-0.2, 0) is 6.42 Å². The van der Waals surface area contributed by atoms with Gasteiger partial charge in [0.25, 0.3) is 0 Å². The first-order valence-corrected chi connectivity index (χ1v) is 9.21. The molecule has 3 aliphatic rings. The second-order valence-corrected chi connectivity index (χ2v) is 8.96. The van der Waals surface area contributed by atoms with E-state index in [1.165, 1.54) is 44.1 Å². The molecule has 0 saturated heterocycles. The quantitative estimate of drug-likeness (QED) is 0.719. The van der Waals surface area contributed by atoms with E-state index in [-0.39, 0.29) is 5.54 Å². The number of fused-ring (bicyclic) bond motifs is 5. The zero-order chi connectivity index (χ0) is 15.8. The maximum Gasteiger partial charge on any atom is 0.0286 e. The molecule has 2 fully saturated rings. The van der Waals surface area contributed by atoms with Crippen molar-refractivity contribution in [1.29, 1.82) is 0 Å². The summed E-state index contributed by atoms with van der Waals surface area (Å²) in [5.74, 6) is 1.39. The van der Waals surface area contributed by atoms with Gasteiger partial charge in [-0.25, -0.2) is 0 Å². The Labute approximate surface area is 135 Å². The maximum absolute atomic E-state index is 7.30. The molecule has 0 amide bonds. The molecule has 0 spiro atoms. The SMILES string of the molecule is Cc1cccc2c1CCC1(N)[C@@H]2CCC2(C)C(C)CC[C@]21C. The molecule has 1 aromatic carbocycles. The van der Waals surface area contributed by atoms with Crippen LogP contribution in [0.15, 0.2) is 18.2 Å². The van der Waals surface area contributed by atoms with Crippen molar-refractivity contribution in [3.63, 3.8) is 0 Å². The monoisotopic (exact) mass is 297 g/mol. The highest BCUT2D eigenvalue weighted by Crippen LogP contribution is 2.70. The van der Waals surface area contributed by atoms with Crippen molar-refractivity contribution >= 4 is 0 Å². The van der Waals surface area contributed by atoms with Crippen molar-refractivity contribution in [3.05, 3.63) is 34.9 Å². The van der Waals surface area contributed by atoms with E-state index in [0.29, 0.717) is 16.7 Å². The largest absolute Gasteiger partial charge is 0.324 e. The highest BCUT2D eigenvalue weighted by atomic mass is 14.9. The third-order valence-corrected chi connectivity index (χ3v) is 8.64. The third-order valence-electron chi connectivity index (χ3n) is 8.64. The van der Waals surface area contributed by atoms with Crippen LogP contribution in [0.3, 0.4) is 0 Å². The molecule has 120 valence electrons. The van der Waals surface area contributed by atoms with E-state index in [2.05, 4.69) is 45.9 Å². The van der Waals surface area contributed by atoms with Gasteiger partial charge in [-0.1, -0.05) is 39.0 Å². The molecule has 4 rings (SSSR count). The predicted molar refractivity (Wildman–Crippen MR) is 93.0 cm³/mol. The Morgan fingerprint density at radius 2 is 1.86 bits per heavy atom. The summed E-state index contributed by atoms with van der Waals surface area (Å²) in [5, 5.41) is 0.